The highest BCUT2D eigenvalue weighted by atomic mass is 79.9. The van der Waals surface area contributed by atoms with E-state index in [-0.39, 0.29) is 6.10 Å². The van der Waals surface area contributed by atoms with Gasteiger partial charge in [0.25, 0.3) is 0 Å². The van der Waals surface area contributed by atoms with Gasteiger partial charge in [-0.1, -0.05) is 15.9 Å². The van der Waals surface area contributed by atoms with Gasteiger partial charge in [0.15, 0.2) is 0 Å². The molecule has 1 heterocycles. The Balaban J connectivity index is 2.21. The molecule has 2 N–H and O–H groups in total. The number of benzene rings is 1. The molecule has 0 unspecified atom stereocenters. The summed E-state index contributed by atoms with van der Waals surface area (Å²) >= 11 is 7.01. The van der Waals surface area contributed by atoms with Crippen LogP contribution in [0.5, 0.6) is 5.75 Å². The summed E-state index contributed by atoms with van der Waals surface area (Å²) in [5.41, 5.74) is 1.03. The fourth-order valence-corrected chi connectivity index (χ4v) is 2.99. The molecule has 19 heavy (non-hydrogen) atoms. The maximum Gasteiger partial charge on any atom is 0.218 e. The molecule has 0 atom stereocenters. The molecule has 0 fully saturated rings. The highest BCUT2D eigenvalue weighted by Crippen LogP contribution is 2.34. The third-order valence-electron chi connectivity index (χ3n) is 2.30. The van der Waals surface area contributed by atoms with Crippen molar-refractivity contribution in [1.29, 1.82) is 0 Å². The van der Waals surface area contributed by atoms with Gasteiger partial charge in [0.05, 0.1) is 10.6 Å². The lowest BCUT2D eigenvalue weighted by molar-refractivity contribution is 0.238. The van der Waals surface area contributed by atoms with Crippen molar-refractivity contribution in [2.45, 2.75) is 26.5 Å². The van der Waals surface area contributed by atoms with Crippen LogP contribution in [0.2, 0.25) is 0 Å². The Morgan fingerprint density at radius 2 is 2.16 bits per heavy atom. The van der Waals surface area contributed by atoms with Gasteiger partial charge < -0.3 is 10.1 Å². The van der Waals surface area contributed by atoms with Crippen LogP contribution in [0.1, 0.15) is 19.4 Å². The van der Waals surface area contributed by atoms with Crippen LogP contribution in [0.25, 0.3) is 0 Å². The van der Waals surface area contributed by atoms with Crippen molar-refractivity contribution in [2.24, 2.45) is 0 Å². The molecule has 0 radical (unpaired) electrons. The van der Waals surface area contributed by atoms with E-state index in [1.807, 2.05) is 26.0 Å². The van der Waals surface area contributed by atoms with Gasteiger partial charge in [-0.2, -0.15) is 5.10 Å². The van der Waals surface area contributed by atoms with E-state index in [0.29, 0.717) is 12.5 Å². The molecule has 0 aliphatic rings. The van der Waals surface area contributed by atoms with Gasteiger partial charge in [-0.3, -0.25) is 0 Å². The highest BCUT2D eigenvalue weighted by Gasteiger charge is 2.12. The van der Waals surface area contributed by atoms with E-state index < -0.39 is 0 Å². The average molecular weight is 390 g/mol. The van der Waals surface area contributed by atoms with Crippen LogP contribution in [-0.4, -0.2) is 21.3 Å². The number of nitrogens with zero attached hydrogens (tertiary/aromatic N) is 2. The number of nitrogens with one attached hydrogen (secondary N) is 2. The van der Waals surface area contributed by atoms with E-state index in [1.165, 1.54) is 6.33 Å². The summed E-state index contributed by atoms with van der Waals surface area (Å²) in [6, 6.07) is 3.99. The first kappa shape index (κ1) is 14.3. The van der Waals surface area contributed by atoms with Crippen molar-refractivity contribution in [1.82, 2.24) is 15.2 Å². The van der Waals surface area contributed by atoms with Crippen LogP contribution in [0.15, 0.2) is 27.4 Å². The SMILES string of the molecule is CC(C)Oc1c(Br)cc(Br)cc1CNc1ncn[nH]1. The molecule has 1 aromatic carbocycles. The Bertz CT molecular complexity index is 543. The monoisotopic (exact) mass is 388 g/mol. The molecule has 0 saturated heterocycles. The summed E-state index contributed by atoms with van der Waals surface area (Å²) in [4.78, 5) is 4.02. The van der Waals surface area contributed by atoms with Crippen LogP contribution >= 0.6 is 31.9 Å². The zero-order chi connectivity index (χ0) is 13.8. The summed E-state index contributed by atoms with van der Waals surface area (Å²) in [6.07, 6.45) is 1.58. The molecule has 2 aromatic rings. The normalized spacial score (nSPS) is 10.8. The minimum absolute atomic E-state index is 0.113. The number of aromatic nitrogens is 3. The van der Waals surface area contributed by atoms with Gasteiger partial charge in [0, 0.05) is 16.6 Å². The van der Waals surface area contributed by atoms with Gasteiger partial charge >= 0.3 is 0 Å². The largest absolute Gasteiger partial charge is 0.489 e. The molecular formula is C12H14Br2N4O. The number of aromatic amines is 1. The van der Waals surface area contributed by atoms with Crippen LogP contribution < -0.4 is 10.1 Å². The van der Waals surface area contributed by atoms with Crippen LogP contribution in [-0.2, 0) is 6.54 Å². The van der Waals surface area contributed by atoms with E-state index in [9.17, 15) is 0 Å². The second-order valence-electron chi connectivity index (χ2n) is 4.23. The second-order valence-corrected chi connectivity index (χ2v) is 6.00. The lowest BCUT2D eigenvalue weighted by Crippen LogP contribution is -2.10. The van der Waals surface area contributed by atoms with Gasteiger partial charge in [0.2, 0.25) is 5.95 Å². The molecule has 5 nitrogen and oxygen atoms in total. The van der Waals surface area contributed by atoms with Crippen molar-refractivity contribution in [2.75, 3.05) is 5.32 Å². The Morgan fingerprint density at radius 3 is 2.79 bits per heavy atom. The fraction of sp³-hybridized carbons (Fsp3) is 0.333. The number of halogens is 2. The zero-order valence-corrected chi connectivity index (χ0v) is 13.7. The second kappa shape index (κ2) is 6.38. The van der Waals surface area contributed by atoms with E-state index in [0.717, 1.165) is 20.3 Å². The zero-order valence-electron chi connectivity index (χ0n) is 10.6. The summed E-state index contributed by atoms with van der Waals surface area (Å²) in [7, 11) is 0. The first-order valence-corrected chi connectivity index (χ1v) is 7.38. The molecule has 0 aliphatic carbocycles. The molecule has 1 aromatic heterocycles. The molecule has 0 bridgehead atoms. The van der Waals surface area contributed by atoms with Gasteiger partial charge in [-0.15, -0.1) is 0 Å². The lowest BCUT2D eigenvalue weighted by Gasteiger charge is -2.16. The van der Waals surface area contributed by atoms with Crippen molar-refractivity contribution in [3.8, 4) is 5.75 Å². The topological polar surface area (TPSA) is 62.8 Å². The molecule has 7 heteroatoms. The van der Waals surface area contributed by atoms with Crippen molar-refractivity contribution < 1.29 is 4.74 Å². The fourth-order valence-electron chi connectivity index (χ4n) is 1.58. The maximum absolute atomic E-state index is 5.85. The molecule has 102 valence electrons. The molecule has 0 amide bonds. The lowest BCUT2D eigenvalue weighted by atomic mass is 10.2. The molecule has 0 spiro atoms. The Labute approximate surface area is 128 Å². The molecular weight excluding hydrogens is 376 g/mol. The number of anilines is 1. The molecule has 2 rings (SSSR count). The number of hydrogen-bond acceptors (Lipinski definition) is 4. The molecule has 0 aliphatic heterocycles. The quantitative estimate of drug-likeness (QED) is 0.817. The van der Waals surface area contributed by atoms with Gasteiger partial charge in [0.1, 0.15) is 12.1 Å². The third kappa shape index (κ3) is 3.94. The van der Waals surface area contributed by atoms with Crippen LogP contribution in [0, 0.1) is 0 Å². The first-order chi connectivity index (χ1) is 9.06. The van der Waals surface area contributed by atoms with Crippen molar-refractivity contribution >= 4 is 37.8 Å². The van der Waals surface area contributed by atoms with Gasteiger partial charge in [-0.05, 0) is 41.9 Å². The number of rotatable bonds is 5. The Kier molecular flexibility index (Phi) is 4.81. The summed E-state index contributed by atoms with van der Waals surface area (Å²) < 4.78 is 7.76. The number of ether oxygens (including phenoxy) is 1. The average Bonchev–Trinajstić information content (AvgIpc) is 2.83. The molecule has 0 saturated carbocycles. The van der Waals surface area contributed by atoms with Gasteiger partial charge in [-0.25, -0.2) is 10.1 Å². The van der Waals surface area contributed by atoms with Crippen LogP contribution in [0.4, 0.5) is 5.95 Å². The summed E-state index contributed by atoms with van der Waals surface area (Å²) in [6.45, 7) is 4.60. The van der Waals surface area contributed by atoms with E-state index in [4.69, 9.17) is 4.74 Å². The number of hydrogen-bond donors (Lipinski definition) is 2. The summed E-state index contributed by atoms with van der Waals surface area (Å²) in [5.74, 6) is 1.47. The first-order valence-electron chi connectivity index (χ1n) is 5.80. The minimum atomic E-state index is 0.113. The smallest absolute Gasteiger partial charge is 0.218 e. The van der Waals surface area contributed by atoms with Crippen LogP contribution in [0.3, 0.4) is 0 Å². The van der Waals surface area contributed by atoms with E-state index >= 15 is 0 Å². The predicted octanol–water partition coefficient (Wildman–Crippen LogP) is 3.73. The third-order valence-corrected chi connectivity index (χ3v) is 3.35. The maximum atomic E-state index is 5.85. The summed E-state index contributed by atoms with van der Waals surface area (Å²) in [5, 5.41) is 9.71. The van der Waals surface area contributed by atoms with E-state index in [2.05, 4.69) is 52.4 Å². The predicted molar refractivity (Wildman–Crippen MR) is 81.3 cm³/mol. The highest BCUT2D eigenvalue weighted by molar-refractivity contribution is 9.11. The Morgan fingerprint density at radius 1 is 1.37 bits per heavy atom. The van der Waals surface area contributed by atoms with Crippen molar-refractivity contribution in [3.05, 3.63) is 33.0 Å². The minimum Gasteiger partial charge on any atom is -0.489 e. The van der Waals surface area contributed by atoms with Crippen molar-refractivity contribution in [3.63, 3.8) is 0 Å². The van der Waals surface area contributed by atoms with E-state index in [1.54, 1.807) is 0 Å². The Hall–Kier alpha value is -1.08. The standard InChI is InChI=1S/C12H14Br2N4O/c1-7(2)19-11-8(3-9(13)4-10(11)14)5-15-12-16-6-17-18-12/h3-4,6-7H,5H2,1-2H3,(H2,15,16,17,18). The number of H-pyrrole nitrogens is 1.